The molecule has 1 amide bonds. The summed E-state index contributed by atoms with van der Waals surface area (Å²) in [6.07, 6.45) is 3.09. The zero-order valence-corrected chi connectivity index (χ0v) is 12.5. The molecule has 0 bridgehead atoms. The molecular weight excluding hydrogens is 314 g/mol. The summed E-state index contributed by atoms with van der Waals surface area (Å²) in [6.45, 7) is 0. The van der Waals surface area contributed by atoms with Crippen molar-refractivity contribution >= 4 is 23.2 Å². The predicted molar refractivity (Wildman–Crippen MR) is 85.5 cm³/mol. The molecule has 3 aromatic rings. The molecule has 23 heavy (non-hydrogen) atoms. The number of hydrogen-bond donors (Lipinski definition) is 1. The Morgan fingerprint density at radius 2 is 1.83 bits per heavy atom. The van der Waals surface area contributed by atoms with E-state index in [0.29, 0.717) is 21.8 Å². The third kappa shape index (κ3) is 3.20. The molecule has 1 aromatic heterocycles. The number of carbonyl (C=O) groups excluding carboxylic acids is 1. The normalized spacial score (nSPS) is 10.1. The van der Waals surface area contributed by atoms with Gasteiger partial charge in [-0.15, -0.1) is 10.2 Å². The van der Waals surface area contributed by atoms with Crippen LogP contribution in [0, 0.1) is 11.3 Å². The molecule has 0 atom stereocenters. The fourth-order valence-electron chi connectivity index (χ4n) is 2.01. The van der Waals surface area contributed by atoms with Crippen molar-refractivity contribution in [1.82, 2.24) is 14.8 Å². The molecule has 6 nitrogen and oxygen atoms in total. The molecule has 0 saturated carbocycles. The van der Waals surface area contributed by atoms with Crippen molar-refractivity contribution in [2.75, 3.05) is 5.32 Å². The highest BCUT2D eigenvalue weighted by molar-refractivity contribution is 6.34. The molecule has 0 saturated heterocycles. The van der Waals surface area contributed by atoms with Crippen LogP contribution in [0.2, 0.25) is 5.02 Å². The molecule has 0 unspecified atom stereocenters. The number of carbonyl (C=O) groups is 1. The van der Waals surface area contributed by atoms with Crippen LogP contribution in [-0.2, 0) is 0 Å². The van der Waals surface area contributed by atoms with Crippen molar-refractivity contribution in [2.45, 2.75) is 0 Å². The summed E-state index contributed by atoms with van der Waals surface area (Å²) in [6, 6.07) is 13.7. The summed E-state index contributed by atoms with van der Waals surface area (Å²) in [5, 5.41) is 19.3. The van der Waals surface area contributed by atoms with E-state index in [0.717, 1.165) is 5.69 Å². The van der Waals surface area contributed by atoms with Crippen LogP contribution in [0.3, 0.4) is 0 Å². The molecule has 1 heterocycles. The standard InChI is InChI=1S/C16H10ClN5O/c17-15-7-13(22-9-19-20-10-22)5-6-14(15)16(23)21-12-3-1-11(8-18)2-4-12/h1-7,9-10H,(H,21,23). The van der Waals surface area contributed by atoms with Gasteiger partial charge in [-0.05, 0) is 42.5 Å². The van der Waals surface area contributed by atoms with Crippen molar-refractivity contribution in [1.29, 1.82) is 5.26 Å². The van der Waals surface area contributed by atoms with Crippen LogP contribution in [0.5, 0.6) is 0 Å². The van der Waals surface area contributed by atoms with Gasteiger partial charge < -0.3 is 5.32 Å². The van der Waals surface area contributed by atoms with E-state index < -0.39 is 0 Å². The number of nitrogens with one attached hydrogen (secondary N) is 1. The number of nitrogens with zero attached hydrogens (tertiary/aromatic N) is 4. The first-order valence-electron chi connectivity index (χ1n) is 6.63. The van der Waals surface area contributed by atoms with Crippen molar-refractivity contribution < 1.29 is 4.79 Å². The molecule has 0 aliphatic carbocycles. The Morgan fingerprint density at radius 3 is 2.43 bits per heavy atom. The van der Waals surface area contributed by atoms with Crippen LogP contribution in [0.4, 0.5) is 5.69 Å². The minimum atomic E-state index is -0.324. The van der Waals surface area contributed by atoms with E-state index in [1.165, 1.54) is 0 Å². The van der Waals surface area contributed by atoms with E-state index in [1.54, 1.807) is 59.7 Å². The van der Waals surface area contributed by atoms with Gasteiger partial charge in [0, 0.05) is 11.4 Å². The average molecular weight is 324 g/mol. The van der Waals surface area contributed by atoms with Gasteiger partial charge in [-0.25, -0.2) is 0 Å². The molecule has 1 N–H and O–H groups in total. The maximum Gasteiger partial charge on any atom is 0.257 e. The fraction of sp³-hybridized carbons (Fsp3) is 0. The van der Waals surface area contributed by atoms with Gasteiger partial charge in [0.05, 0.1) is 22.2 Å². The maximum absolute atomic E-state index is 12.3. The van der Waals surface area contributed by atoms with E-state index in [1.807, 2.05) is 6.07 Å². The molecule has 0 aliphatic rings. The number of rotatable bonds is 3. The zero-order valence-electron chi connectivity index (χ0n) is 11.8. The lowest BCUT2D eigenvalue weighted by molar-refractivity contribution is 0.102. The monoisotopic (exact) mass is 323 g/mol. The Morgan fingerprint density at radius 1 is 1.13 bits per heavy atom. The van der Waals surface area contributed by atoms with E-state index in [4.69, 9.17) is 16.9 Å². The molecular formula is C16H10ClN5O. The number of benzene rings is 2. The number of amides is 1. The van der Waals surface area contributed by atoms with Crippen LogP contribution < -0.4 is 5.32 Å². The summed E-state index contributed by atoms with van der Waals surface area (Å²) < 4.78 is 1.69. The van der Waals surface area contributed by atoms with Crippen LogP contribution in [0.15, 0.2) is 55.1 Å². The Balaban J connectivity index is 1.80. The number of aromatic nitrogens is 3. The first-order chi connectivity index (χ1) is 11.2. The van der Waals surface area contributed by atoms with Crippen LogP contribution >= 0.6 is 11.6 Å². The maximum atomic E-state index is 12.3. The Labute approximate surface area is 137 Å². The van der Waals surface area contributed by atoms with Gasteiger partial charge in [-0.2, -0.15) is 5.26 Å². The van der Waals surface area contributed by atoms with Gasteiger partial charge in [-0.3, -0.25) is 9.36 Å². The topological polar surface area (TPSA) is 83.6 Å². The van der Waals surface area contributed by atoms with Crippen molar-refractivity contribution in [2.24, 2.45) is 0 Å². The summed E-state index contributed by atoms with van der Waals surface area (Å²) >= 11 is 6.20. The summed E-state index contributed by atoms with van der Waals surface area (Å²) in [4.78, 5) is 12.3. The smallest absolute Gasteiger partial charge is 0.257 e. The van der Waals surface area contributed by atoms with Gasteiger partial charge in [0.15, 0.2) is 0 Å². The van der Waals surface area contributed by atoms with Gasteiger partial charge >= 0.3 is 0 Å². The zero-order chi connectivity index (χ0) is 16.2. The molecule has 112 valence electrons. The molecule has 2 aromatic carbocycles. The number of halogens is 1. The first kappa shape index (κ1) is 14.8. The Kier molecular flexibility index (Phi) is 4.04. The molecule has 3 rings (SSSR count). The number of anilines is 1. The minimum Gasteiger partial charge on any atom is -0.322 e. The lowest BCUT2D eigenvalue weighted by Crippen LogP contribution is -2.12. The molecule has 0 radical (unpaired) electrons. The van der Waals surface area contributed by atoms with Gasteiger partial charge in [0.25, 0.3) is 5.91 Å². The van der Waals surface area contributed by atoms with Crippen molar-refractivity contribution in [3.63, 3.8) is 0 Å². The van der Waals surface area contributed by atoms with Crippen molar-refractivity contribution in [3.8, 4) is 11.8 Å². The van der Waals surface area contributed by atoms with E-state index >= 15 is 0 Å². The lowest BCUT2D eigenvalue weighted by atomic mass is 10.1. The molecule has 7 heteroatoms. The number of hydrogen-bond acceptors (Lipinski definition) is 4. The summed E-state index contributed by atoms with van der Waals surface area (Å²) in [5.41, 5.74) is 2.23. The van der Waals surface area contributed by atoms with Crippen LogP contribution in [0.1, 0.15) is 15.9 Å². The largest absolute Gasteiger partial charge is 0.322 e. The second-order valence-electron chi connectivity index (χ2n) is 4.68. The van der Waals surface area contributed by atoms with Crippen LogP contribution in [0.25, 0.3) is 5.69 Å². The second kappa shape index (κ2) is 6.30. The fourth-order valence-corrected chi connectivity index (χ4v) is 2.27. The average Bonchev–Trinajstić information content (AvgIpc) is 3.10. The van der Waals surface area contributed by atoms with E-state index in [9.17, 15) is 4.79 Å². The Bertz CT molecular complexity index is 882. The predicted octanol–water partition coefficient (Wildman–Crippen LogP) is 3.04. The van der Waals surface area contributed by atoms with E-state index in [2.05, 4.69) is 15.5 Å². The third-order valence-corrected chi connectivity index (χ3v) is 3.50. The quantitative estimate of drug-likeness (QED) is 0.803. The molecule has 0 fully saturated rings. The highest BCUT2D eigenvalue weighted by atomic mass is 35.5. The Hall–Kier alpha value is -3.17. The van der Waals surface area contributed by atoms with Crippen LogP contribution in [-0.4, -0.2) is 20.7 Å². The van der Waals surface area contributed by atoms with Crippen molar-refractivity contribution in [3.05, 3.63) is 71.3 Å². The summed E-state index contributed by atoms with van der Waals surface area (Å²) in [7, 11) is 0. The van der Waals surface area contributed by atoms with Gasteiger partial charge in [0.1, 0.15) is 12.7 Å². The molecule has 0 spiro atoms. The van der Waals surface area contributed by atoms with E-state index in [-0.39, 0.29) is 5.91 Å². The highest BCUT2D eigenvalue weighted by Gasteiger charge is 2.12. The molecule has 0 aliphatic heterocycles. The summed E-state index contributed by atoms with van der Waals surface area (Å²) in [5.74, 6) is -0.324. The highest BCUT2D eigenvalue weighted by Crippen LogP contribution is 2.21. The SMILES string of the molecule is N#Cc1ccc(NC(=O)c2ccc(-n3cnnc3)cc2Cl)cc1. The number of nitriles is 1. The second-order valence-corrected chi connectivity index (χ2v) is 5.08. The third-order valence-electron chi connectivity index (χ3n) is 3.19. The minimum absolute atomic E-state index is 0.322. The van der Waals surface area contributed by atoms with Gasteiger partial charge in [-0.1, -0.05) is 11.6 Å². The van der Waals surface area contributed by atoms with Gasteiger partial charge in [0.2, 0.25) is 0 Å². The first-order valence-corrected chi connectivity index (χ1v) is 7.01. The lowest BCUT2D eigenvalue weighted by Gasteiger charge is -2.08.